The molecule has 3 atom stereocenters. The van der Waals surface area contributed by atoms with Crippen LogP contribution < -0.4 is 5.73 Å². The monoisotopic (exact) mass is 282 g/mol. The number of hydrogen-bond acceptors (Lipinski definition) is 3. The molecule has 0 aromatic heterocycles. The SMILES string of the molecule is CCC(CC)(CN)C(=O)N1CC2CCCC2C1C(=O)O. The molecule has 3 N–H and O–H groups in total. The lowest BCUT2D eigenvalue weighted by molar-refractivity contribution is -0.154. The van der Waals surface area contributed by atoms with Crippen LogP contribution in [0.4, 0.5) is 0 Å². The summed E-state index contributed by atoms with van der Waals surface area (Å²) >= 11 is 0. The first kappa shape index (κ1) is 15.3. The summed E-state index contributed by atoms with van der Waals surface area (Å²) in [4.78, 5) is 26.1. The first-order valence-corrected chi connectivity index (χ1v) is 7.74. The molecule has 0 radical (unpaired) electrons. The van der Waals surface area contributed by atoms with Gasteiger partial charge >= 0.3 is 5.97 Å². The zero-order chi connectivity index (χ0) is 14.9. The standard InChI is InChI=1S/C15H26N2O3/c1-3-15(4-2,9-16)14(20)17-8-10-6-5-7-11(10)12(17)13(18)19/h10-12H,3-9,16H2,1-2H3,(H,18,19). The molecule has 114 valence electrons. The van der Waals surface area contributed by atoms with Gasteiger partial charge in [0, 0.05) is 13.1 Å². The summed E-state index contributed by atoms with van der Waals surface area (Å²) in [5.74, 6) is -0.400. The van der Waals surface area contributed by atoms with Crippen molar-refractivity contribution in [2.75, 3.05) is 13.1 Å². The molecular formula is C15H26N2O3. The average Bonchev–Trinajstić information content (AvgIpc) is 3.00. The molecule has 0 aromatic rings. The molecule has 20 heavy (non-hydrogen) atoms. The summed E-state index contributed by atoms with van der Waals surface area (Å²) in [6.45, 7) is 4.81. The Hall–Kier alpha value is -1.10. The number of nitrogens with two attached hydrogens (primary N) is 1. The number of carboxylic acids is 1. The Morgan fingerprint density at radius 3 is 2.45 bits per heavy atom. The third-order valence-corrected chi connectivity index (χ3v) is 5.60. The Morgan fingerprint density at radius 2 is 1.95 bits per heavy atom. The van der Waals surface area contributed by atoms with Gasteiger partial charge in [0.1, 0.15) is 6.04 Å². The van der Waals surface area contributed by atoms with E-state index in [2.05, 4.69) is 0 Å². The molecule has 1 amide bonds. The molecule has 1 saturated carbocycles. The van der Waals surface area contributed by atoms with Crippen molar-refractivity contribution in [2.45, 2.75) is 52.0 Å². The molecular weight excluding hydrogens is 256 g/mol. The average molecular weight is 282 g/mol. The van der Waals surface area contributed by atoms with Gasteiger partial charge in [-0.15, -0.1) is 0 Å². The number of aliphatic carboxylic acids is 1. The van der Waals surface area contributed by atoms with Crippen molar-refractivity contribution in [1.29, 1.82) is 0 Å². The molecule has 0 spiro atoms. The van der Waals surface area contributed by atoms with Crippen LogP contribution in [0.3, 0.4) is 0 Å². The van der Waals surface area contributed by atoms with Crippen molar-refractivity contribution in [2.24, 2.45) is 23.0 Å². The largest absolute Gasteiger partial charge is 0.480 e. The van der Waals surface area contributed by atoms with E-state index in [-0.39, 0.29) is 18.4 Å². The van der Waals surface area contributed by atoms with Gasteiger partial charge in [-0.1, -0.05) is 20.3 Å². The predicted molar refractivity (Wildman–Crippen MR) is 76.0 cm³/mol. The lowest BCUT2D eigenvalue weighted by Crippen LogP contribution is -2.52. The van der Waals surface area contributed by atoms with Crippen LogP contribution in [0.15, 0.2) is 0 Å². The normalized spacial score (nSPS) is 29.6. The molecule has 0 aromatic carbocycles. The molecule has 1 heterocycles. The van der Waals surface area contributed by atoms with Crippen LogP contribution in [-0.2, 0) is 9.59 Å². The summed E-state index contributed by atoms with van der Waals surface area (Å²) in [6, 6.07) is -0.640. The van der Waals surface area contributed by atoms with Gasteiger partial charge in [-0.05, 0) is 37.5 Å². The van der Waals surface area contributed by atoms with Gasteiger partial charge in [0.05, 0.1) is 5.41 Å². The van der Waals surface area contributed by atoms with Gasteiger partial charge in [-0.3, -0.25) is 4.79 Å². The lowest BCUT2D eigenvalue weighted by atomic mass is 9.80. The van der Waals surface area contributed by atoms with E-state index in [1.54, 1.807) is 4.90 Å². The quantitative estimate of drug-likeness (QED) is 0.799. The van der Waals surface area contributed by atoms with E-state index >= 15 is 0 Å². The van der Waals surface area contributed by atoms with Crippen molar-refractivity contribution >= 4 is 11.9 Å². The third-order valence-electron chi connectivity index (χ3n) is 5.60. The Morgan fingerprint density at radius 1 is 1.30 bits per heavy atom. The number of amides is 1. The number of hydrogen-bond donors (Lipinski definition) is 2. The molecule has 0 bridgehead atoms. The van der Waals surface area contributed by atoms with Crippen LogP contribution in [0, 0.1) is 17.3 Å². The van der Waals surface area contributed by atoms with E-state index in [1.807, 2.05) is 13.8 Å². The third kappa shape index (κ3) is 2.22. The molecule has 2 rings (SSSR count). The maximum atomic E-state index is 12.9. The first-order chi connectivity index (χ1) is 9.50. The van der Waals surface area contributed by atoms with Crippen molar-refractivity contribution in [3.63, 3.8) is 0 Å². The fourth-order valence-corrected chi connectivity index (χ4v) is 4.06. The topological polar surface area (TPSA) is 83.6 Å². The van der Waals surface area contributed by atoms with Gasteiger partial charge in [-0.2, -0.15) is 0 Å². The fraction of sp³-hybridized carbons (Fsp3) is 0.867. The van der Waals surface area contributed by atoms with Crippen LogP contribution in [0.1, 0.15) is 46.0 Å². The van der Waals surface area contributed by atoms with Crippen LogP contribution in [-0.4, -0.2) is 41.0 Å². The van der Waals surface area contributed by atoms with E-state index in [4.69, 9.17) is 5.73 Å². The maximum Gasteiger partial charge on any atom is 0.326 e. The minimum Gasteiger partial charge on any atom is -0.480 e. The molecule has 3 unspecified atom stereocenters. The van der Waals surface area contributed by atoms with Crippen LogP contribution >= 0.6 is 0 Å². The predicted octanol–water partition coefficient (Wildman–Crippen LogP) is 1.46. The van der Waals surface area contributed by atoms with E-state index in [0.29, 0.717) is 25.3 Å². The Labute approximate surface area is 120 Å². The molecule has 5 nitrogen and oxygen atoms in total. The number of fused-ring (bicyclic) bond motifs is 1. The molecule has 2 fully saturated rings. The van der Waals surface area contributed by atoms with E-state index in [9.17, 15) is 14.7 Å². The summed E-state index contributed by atoms with van der Waals surface area (Å²) in [7, 11) is 0. The zero-order valence-electron chi connectivity index (χ0n) is 12.5. The maximum absolute atomic E-state index is 12.9. The number of carbonyl (C=O) groups excluding carboxylic acids is 1. The zero-order valence-corrected chi connectivity index (χ0v) is 12.5. The molecule has 1 aliphatic carbocycles. The summed E-state index contributed by atoms with van der Waals surface area (Å²) in [6.07, 6.45) is 4.39. The second kappa shape index (κ2) is 5.72. The van der Waals surface area contributed by atoms with Gasteiger partial charge in [0.15, 0.2) is 0 Å². The smallest absolute Gasteiger partial charge is 0.326 e. The minimum atomic E-state index is -0.856. The van der Waals surface area contributed by atoms with Gasteiger partial charge < -0.3 is 15.7 Å². The number of carbonyl (C=O) groups is 2. The molecule has 1 saturated heterocycles. The van der Waals surface area contributed by atoms with Gasteiger partial charge in [0.2, 0.25) is 5.91 Å². The summed E-state index contributed by atoms with van der Waals surface area (Å²) < 4.78 is 0. The van der Waals surface area contributed by atoms with Crippen molar-refractivity contribution in [3.8, 4) is 0 Å². The van der Waals surface area contributed by atoms with Crippen LogP contribution in [0.5, 0.6) is 0 Å². The second-order valence-corrected chi connectivity index (χ2v) is 6.29. The highest BCUT2D eigenvalue weighted by Gasteiger charge is 2.52. The van der Waals surface area contributed by atoms with E-state index in [0.717, 1.165) is 19.3 Å². The Balaban J connectivity index is 2.26. The molecule has 2 aliphatic rings. The minimum absolute atomic E-state index is 0.0493. The van der Waals surface area contributed by atoms with Crippen molar-refractivity contribution in [3.05, 3.63) is 0 Å². The Bertz CT molecular complexity index is 384. The fourth-order valence-electron chi connectivity index (χ4n) is 4.06. The summed E-state index contributed by atoms with van der Waals surface area (Å²) in [5.41, 5.74) is 5.25. The lowest BCUT2D eigenvalue weighted by Gasteiger charge is -2.35. The molecule has 5 heteroatoms. The molecule has 1 aliphatic heterocycles. The van der Waals surface area contributed by atoms with Crippen molar-refractivity contribution < 1.29 is 14.7 Å². The number of carboxylic acid groups (broad SMARTS) is 1. The van der Waals surface area contributed by atoms with Gasteiger partial charge in [0.25, 0.3) is 0 Å². The highest BCUT2D eigenvalue weighted by Crippen LogP contribution is 2.44. The van der Waals surface area contributed by atoms with Gasteiger partial charge in [-0.25, -0.2) is 4.79 Å². The highest BCUT2D eigenvalue weighted by molar-refractivity contribution is 5.88. The van der Waals surface area contributed by atoms with E-state index in [1.165, 1.54) is 0 Å². The second-order valence-electron chi connectivity index (χ2n) is 6.29. The number of nitrogens with zero attached hydrogens (tertiary/aromatic N) is 1. The van der Waals surface area contributed by atoms with Crippen LogP contribution in [0.25, 0.3) is 0 Å². The number of likely N-dealkylation sites (tertiary alicyclic amines) is 1. The van der Waals surface area contributed by atoms with Crippen molar-refractivity contribution in [1.82, 2.24) is 4.90 Å². The first-order valence-electron chi connectivity index (χ1n) is 7.74. The highest BCUT2D eigenvalue weighted by atomic mass is 16.4. The van der Waals surface area contributed by atoms with E-state index < -0.39 is 17.4 Å². The summed E-state index contributed by atoms with van der Waals surface area (Å²) in [5, 5.41) is 9.54. The Kier molecular flexibility index (Phi) is 4.37. The number of rotatable bonds is 5. The van der Waals surface area contributed by atoms with Crippen LogP contribution in [0.2, 0.25) is 0 Å².